The lowest BCUT2D eigenvalue weighted by molar-refractivity contribution is -0.141. The van der Waals surface area contributed by atoms with E-state index in [0.717, 1.165) is 13.1 Å². The number of rotatable bonds is 5. The fraction of sp³-hybridized carbons (Fsp3) is 0.556. The van der Waals surface area contributed by atoms with E-state index in [1.165, 1.54) is 16.7 Å². The van der Waals surface area contributed by atoms with Gasteiger partial charge < -0.3 is 10.0 Å². The second-order valence-electron chi connectivity index (χ2n) is 6.33. The van der Waals surface area contributed by atoms with Crippen molar-refractivity contribution >= 4 is 11.9 Å². The van der Waals surface area contributed by atoms with E-state index in [-0.39, 0.29) is 18.7 Å². The number of carbonyl (C=O) groups excluding carboxylic acids is 1. The van der Waals surface area contributed by atoms with Crippen molar-refractivity contribution < 1.29 is 14.7 Å². The van der Waals surface area contributed by atoms with Crippen LogP contribution in [0.2, 0.25) is 0 Å². The van der Waals surface area contributed by atoms with E-state index in [0.29, 0.717) is 19.1 Å². The van der Waals surface area contributed by atoms with Crippen molar-refractivity contribution in [1.82, 2.24) is 9.80 Å². The lowest BCUT2D eigenvalue weighted by atomic mass is 10.0. The highest BCUT2D eigenvalue weighted by Gasteiger charge is 2.24. The molecule has 1 amide bonds. The van der Waals surface area contributed by atoms with Gasteiger partial charge in [-0.1, -0.05) is 18.2 Å². The Labute approximate surface area is 137 Å². The zero-order valence-corrected chi connectivity index (χ0v) is 14.2. The molecule has 0 spiro atoms. The van der Waals surface area contributed by atoms with Crippen LogP contribution in [0, 0.1) is 13.8 Å². The molecule has 0 aliphatic carbocycles. The second-order valence-corrected chi connectivity index (χ2v) is 6.33. The Morgan fingerprint density at radius 2 is 1.74 bits per heavy atom. The third-order valence-corrected chi connectivity index (χ3v) is 4.78. The Morgan fingerprint density at radius 3 is 2.30 bits per heavy atom. The summed E-state index contributed by atoms with van der Waals surface area (Å²) >= 11 is 0. The molecular formula is C18H26N2O3. The number of benzene rings is 1. The minimum absolute atomic E-state index is 0.0501. The van der Waals surface area contributed by atoms with E-state index in [9.17, 15) is 9.59 Å². The molecule has 5 nitrogen and oxygen atoms in total. The van der Waals surface area contributed by atoms with E-state index < -0.39 is 5.97 Å². The van der Waals surface area contributed by atoms with Gasteiger partial charge in [0.05, 0.1) is 6.42 Å². The molecule has 1 atom stereocenters. The molecule has 5 heteroatoms. The predicted molar refractivity (Wildman–Crippen MR) is 89.4 cm³/mol. The van der Waals surface area contributed by atoms with Crippen LogP contribution in [0.5, 0.6) is 0 Å². The topological polar surface area (TPSA) is 60.9 Å². The van der Waals surface area contributed by atoms with Crippen LogP contribution < -0.4 is 0 Å². The van der Waals surface area contributed by atoms with Gasteiger partial charge in [-0.2, -0.15) is 0 Å². The Morgan fingerprint density at radius 1 is 1.09 bits per heavy atom. The minimum Gasteiger partial charge on any atom is -0.481 e. The van der Waals surface area contributed by atoms with Crippen molar-refractivity contribution in [3.63, 3.8) is 0 Å². The summed E-state index contributed by atoms with van der Waals surface area (Å²) in [5.41, 5.74) is 3.91. The number of carboxylic acid groups (broad SMARTS) is 1. The summed E-state index contributed by atoms with van der Waals surface area (Å²) in [6, 6.07) is 6.90. The largest absolute Gasteiger partial charge is 0.481 e. The predicted octanol–water partition coefficient (Wildman–Crippen LogP) is 2.37. The first-order valence-electron chi connectivity index (χ1n) is 8.19. The van der Waals surface area contributed by atoms with Crippen LogP contribution in [-0.4, -0.2) is 53.0 Å². The van der Waals surface area contributed by atoms with E-state index in [2.05, 4.69) is 43.9 Å². The Balaban J connectivity index is 1.89. The van der Waals surface area contributed by atoms with E-state index in [1.54, 1.807) is 4.90 Å². The molecule has 1 aromatic carbocycles. The Bertz CT molecular complexity index is 578. The summed E-state index contributed by atoms with van der Waals surface area (Å²) in [5, 5.41) is 8.66. The standard InChI is InChI=1S/C18H26N2O3/c1-13-4-5-16(12-14(13)2)15(3)19-8-10-20(11-9-19)17(21)6-7-18(22)23/h4-5,12,15H,6-11H2,1-3H3,(H,22,23). The maximum Gasteiger partial charge on any atom is 0.303 e. The van der Waals surface area contributed by atoms with Crippen molar-refractivity contribution in [1.29, 1.82) is 0 Å². The molecule has 2 rings (SSSR count). The average Bonchev–Trinajstić information content (AvgIpc) is 2.54. The SMILES string of the molecule is Cc1ccc(C(C)N2CCN(C(=O)CCC(=O)O)CC2)cc1C. The molecule has 1 unspecified atom stereocenters. The Kier molecular flexibility index (Phi) is 5.77. The second kappa shape index (κ2) is 7.59. The molecule has 1 fully saturated rings. The van der Waals surface area contributed by atoms with Gasteiger partial charge in [-0.25, -0.2) is 0 Å². The molecular weight excluding hydrogens is 292 g/mol. The minimum atomic E-state index is -0.916. The molecule has 23 heavy (non-hydrogen) atoms. The van der Waals surface area contributed by atoms with Crippen LogP contribution >= 0.6 is 0 Å². The molecule has 0 aromatic heterocycles. The molecule has 126 valence electrons. The molecule has 1 N–H and O–H groups in total. The number of carboxylic acids is 1. The third-order valence-electron chi connectivity index (χ3n) is 4.78. The fourth-order valence-corrected chi connectivity index (χ4v) is 2.97. The molecule has 1 heterocycles. The first-order chi connectivity index (χ1) is 10.9. The average molecular weight is 318 g/mol. The van der Waals surface area contributed by atoms with Crippen LogP contribution in [0.1, 0.15) is 42.5 Å². The molecule has 0 saturated carbocycles. The number of amides is 1. The van der Waals surface area contributed by atoms with Gasteiger partial charge in [0, 0.05) is 38.6 Å². The quantitative estimate of drug-likeness (QED) is 0.905. The zero-order chi connectivity index (χ0) is 17.0. The van der Waals surface area contributed by atoms with Crippen LogP contribution in [0.4, 0.5) is 0 Å². The van der Waals surface area contributed by atoms with Gasteiger partial charge in [0.15, 0.2) is 0 Å². The first-order valence-corrected chi connectivity index (χ1v) is 8.19. The van der Waals surface area contributed by atoms with Gasteiger partial charge in [0.1, 0.15) is 0 Å². The van der Waals surface area contributed by atoms with Crippen molar-refractivity contribution in [3.8, 4) is 0 Å². The summed E-state index contributed by atoms with van der Waals surface area (Å²) in [7, 11) is 0. The molecule has 0 bridgehead atoms. The van der Waals surface area contributed by atoms with Gasteiger partial charge >= 0.3 is 5.97 Å². The monoisotopic (exact) mass is 318 g/mol. The molecule has 1 aliphatic rings. The lowest BCUT2D eigenvalue weighted by Gasteiger charge is -2.38. The van der Waals surface area contributed by atoms with Gasteiger partial charge in [-0.05, 0) is 37.5 Å². The first kappa shape index (κ1) is 17.5. The van der Waals surface area contributed by atoms with Crippen molar-refractivity contribution in [3.05, 3.63) is 34.9 Å². The number of aryl methyl sites for hydroxylation is 2. The third kappa shape index (κ3) is 4.55. The molecule has 0 radical (unpaired) electrons. The molecule has 1 saturated heterocycles. The summed E-state index contributed by atoms with van der Waals surface area (Å²) in [5.74, 6) is -0.966. The van der Waals surface area contributed by atoms with E-state index in [4.69, 9.17) is 5.11 Å². The van der Waals surface area contributed by atoms with Gasteiger partial charge in [0.25, 0.3) is 0 Å². The smallest absolute Gasteiger partial charge is 0.303 e. The number of aliphatic carboxylic acids is 1. The number of hydrogen-bond donors (Lipinski definition) is 1. The van der Waals surface area contributed by atoms with Crippen LogP contribution in [0.3, 0.4) is 0 Å². The van der Waals surface area contributed by atoms with E-state index >= 15 is 0 Å². The highest BCUT2D eigenvalue weighted by Crippen LogP contribution is 2.23. The van der Waals surface area contributed by atoms with Gasteiger partial charge in [-0.15, -0.1) is 0 Å². The van der Waals surface area contributed by atoms with Crippen LogP contribution in [-0.2, 0) is 9.59 Å². The summed E-state index contributed by atoms with van der Waals surface area (Å²) in [6.45, 7) is 9.45. The summed E-state index contributed by atoms with van der Waals surface area (Å²) in [4.78, 5) is 26.7. The number of carbonyl (C=O) groups is 2. The number of hydrogen-bond acceptors (Lipinski definition) is 3. The van der Waals surface area contributed by atoms with Crippen molar-refractivity contribution in [2.24, 2.45) is 0 Å². The summed E-state index contributed by atoms with van der Waals surface area (Å²) in [6.07, 6.45) is 0.0140. The van der Waals surface area contributed by atoms with Crippen molar-refractivity contribution in [2.75, 3.05) is 26.2 Å². The van der Waals surface area contributed by atoms with Crippen LogP contribution in [0.15, 0.2) is 18.2 Å². The molecule has 1 aromatic rings. The summed E-state index contributed by atoms with van der Waals surface area (Å²) < 4.78 is 0. The lowest BCUT2D eigenvalue weighted by Crippen LogP contribution is -2.49. The highest BCUT2D eigenvalue weighted by molar-refractivity contribution is 5.80. The van der Waals surface area contributed by atoms with E-state index in [1.807, 2.05) is 0 Å². The normalized spacial score (nSPS) is 17.1. The highest BCUT2D eigenvalue weighted by atomic mass is 16.4. The molecule has 1 aliphatic heterocycles. The maximum atomic E-state index is 12.0. The van der Waals surface area contributed by atoms with Crippen LogP contribution in [0.25, 0.3) is 0 Å². The Hall–Kier alpha value is -1.88. The zero-order valence-electron chi connectivity index (χ0n) is 14.2. The fourth-order valence-electron chi connectivity index (χ4n) is 2.97. The maximum absolute atomic E-state index is 12.0. The number of piperazine rings is 1. The van der Waals surface area contributed by atoms with Gasteiger partial charge in [-0.3, -0.25) is 14.5 Å². The van der Waals surface area contributed by atoms with Gasteiger partial charge in [0.2, 0.25) is 5.91 Å². The van der Waals surface area contributed by atoms with Crippen molar-refractivity contribution in [2.45, 2.75) is 39.7 Å². The number of nitrogens with zero attached hydrogens (tertiary/aromatic N) is 2.